The monoisotopic (exact) mass is 372 g/mol. The van der Waals surface area contributed by atoms with E-state index in [9.17, 15) is 0 Å². The van der Waals surface area contributed by atoms with Crippen LogP contribution < -0.4 is 4.74 Å². The quantitative estimate of drug-likeness (QED) is 0.550. The molecule has 0 aromatic heterocycles. The standard InChI is InChI=1S/C24H33ClO/c1-26-23-11-10-20(25)14-21(23)16-6-8-18(9-7-16)24-17-4-2-15(3-5-17)12-19-13-22(19)24/h10-11,14-19,22,24H,2-9,12-13H2,1H3. The largest absolute Gasteiger partial charge is 0.496 e. The third-order valence-corrected chi connectivity index (χ3v) is 8.73. The van der Waals surface area contributed by atoms with Crippen molar-refractivity contribution < 1.29 is 4.74 Å². The van der Waals surface area contributed by atoms with Gasteiger partial charge < -0.3 is 4.74 Å². The van der Waals surface area contributed by atoms with Crippen molar-refractivity contribution in [2.24, 2.45) is 35.5 Å². The van der Waals surface area contributed by atoms with Crippen LogP contribution in [0.1, 0.15) is 75.7 Å². The number of benzene rings is 1. The van der Waals surface area contributed by atoms with Crippen LogP contribution >= 0.6 is 11.6 Å². The topological polar surface area (TPSA) is 9.23 Å². The first-order chi connectivity index (χ1) is 12.7. The third kappa shape index (κ3) is 3.19. The fourth-order valence-corrected chi connectivity index (χ4v) is 7.35. The lowest BCUT2D eigenvalue weighted by Crippen LogP contribution is -2.33. The molecule has 142 valence electrons. The molecule has 0 spiro atoms. The Labute approximate surface area is 163 Å². The maximum Gasteiger partial charge on any atom is 0.122 e. The second-order valence-corrected chi connectivity index (χ2v) is 10.2. The van der Waals surface area contributed by atoms with E-state index in [1.54, 1.807) is 45.6 Å². The summed E-state index contributed by atoms with van der Waals surface area (Å²) in [6.45, 7) is 0. The zero-order valence-electron chi connectivity index (χ0n) is 16.1. The van der Waals surface area contributed by atoms with Gasteiger partial charge in [0.1, 0.15) is 5.75 Å². The number of hydrogen-bond donors (Lipinski definition) is 0. The van der Waals surface area contributed by atoms with E-state index in [1.165, 1.54) is 31.2 Å². The number of methoxy groups -OCH3 is 1. The van der Waals surface area contributed by atoms with E-state index in [0.29, 0.717) is 5.92 Å². The second-order valence-electron chi connectivity index (χ2n) is 9.75. The van der Waals surface area contributed by atoms with E-state index < -0.39 is 0 Å². The third-order valence-electron chi connectivity index (χ3n) is 8.49. The number of halogens is 1. The predicted molar refractivity (Wildman–Crippen MR) is 108 cm³/mol. The zero-order valence-corrected chi connectivity index (χ0v) is 16.9. The Morgan fingerprint density at radius 3 is 2.23 bits per heavy atom. The van der Waals surface area contributed by atoms with Gasteiger partial charge in [-0.25, -0.2) is 0 Å². The van der Waals surface area contributed by atoms with Crippen molar-refractivity contribution in [1.82, 2.24) is 0 Å². The van der Waals surface area contributed by atoms with Crippen molar-refractivity contribution in [2.75, 3.05) is 7.11 Å². The summed E-state index contributed by atoms with van der Waals surface area (Å²) in [4.78, 5) is 0. The molecule has 5 fully saturated rings. The van der Waals surface area contributed by atoms with Crippen LogP contribution in [0.2, 0.25) is 5.02 Å². The van der Waals surface area contributed by atoms with E-state index in [1.807, 2.05) is 12.1 Å². The molecule has 26 heavy (non-hydrogen) atoms. The Hall–Kier alpha value is -0.690. The molecule has 5 aliphatic rings. The maximum atomic E-state index is 6.29. The second kappa shape index (κ2) is 7.04. The average Bonchev–Trinajstić information content (AvgIpc) is 3.38. The summed E-state index contributed by atoms with van der Waals surface area (Å²) < 4.78 is 5.63. The van der Waals surface area contributed by atoms with Gasteiger partial charge in [-0.2, -0.15) is 0 Å². The van der Waals surface area contributed by atoms with Crippen molar-refractivity contribution in [2.45, 2.75) is 70.1 Å². The molecule has 2 bridgehead atoms. The van der Waals surface area contributed by atoms with Crippen molar-refractivity contribution in [3.8, 4) is 5.75 Å². The van der Waals surface area contributed by atoms with Gasteiger partial charge in [0.2, 0.25) is 0 Å². The molecule has 6 rings (SSSR count). The van der Waals surface area contributed by atoms with Crippen molar-refractivity contribution >= 4 is 11.6 Å². The Bertz CT molecular complexity index is 640. The lowest BCUT2D eigenvalue weighted by atomic mass is 9.62. The Kier molecular flexibility index (Phi) is 4.72. The first-order valence-electron chi connectivity index (χ1n) is 11.1. The number of hydrogen-bond acceptors (Lipinski definition) is 1. The number of fused-ring (bicyclic) bond motifs is 2. The van der Waals surface area contributed by atoms with Gasteiger partial charge in [0.05, 0.1) is 7.11 Å². The minimum Gasteiger partial charge on any atom is -0.496 e. The van der Waals surface area contributed by atoms with Crippen LogP contribution in [-0.2, 0) is 0 Å². The molecule has 0 radical (unpaired) electrons. The molecule has 1 nitrogen and oxygen atoms in total. The van der Waals surface area contributed by atoms with E-state index in [0.717, 1.165) is 46.3 Å². The summed E-state index contributed by atoms with van der Waals surface area (Å²) in [5.41, 5.74) is 1.35. The molecule has 5 saturated carbocycles. The Morgan fingerprint density at radius 1 is 0.846 bits per heavy atom. The van der Waals surface area contributed by atoms with Crippen molar-refractivity contribution in [3.63, 3.8) is 0 Å². The fraction of sp³-hybridized carbons (Fsp3) is 0.750. The Morgan fingerprint density at radius 2 is 1.54 bits per heavy atom. The Balaban J connectivity index is 1.29. The van der Waals surface area contributed by atoms with Gasteiger partial charge in [-0.15, -0.1) is 0 Å². The molecular formula is C24H33ClO. The SMILES string of the molecule is COc1ccc(Cl)cc1C1CCC(C2C3CCC(CC3)CC3CC32)CC1. The van der Waals surface area contributed by atoms with Crippen LogP contribution in [0.4, 0.5) is 0 Å². The first kappa shape index (κ1) is 17.4. The van der Waals surface area contributed by atoms with Gasteiger partial charge in [-0.3, -0.25) is 0 Å². The molecular weight excluding hydrogens is 340 g/mol. The molecule has 0 saturated heterocycles. The highest BCUT2D eigenvalue weighted by molar-refractivity contribution is 6.30. The van der Waals surface area contributed by atoms with Gasteiger partial charge in [-0.05, 0) is 117 Å². The zero-order chi connectivity index (χ0) is 17.7. The molecule has 3 unspecified atom stereocenters. The summed E-state index contributed by atoms with van der Waals surface area (Å²) in [6, 6.07) is 6.15. The van der Waals surface area contributed by atoms with Gasteiger partial charge in [-0.1, -0.05) is 24.4 Å². The van der Waals surface area contributed by atoms with Gasteiger partial charge in [0, 0.05) is 5.02 Å². The lowest BCUT2D eigenvalue weighted by molar-refractivity contribution is 0.0785. The number of rotatable bonds is 3. The number of ether oxygens (including phenoxy) is 1. The molecule has 0 N–H and O–H groups in total. The maximum absolute atomic E-state index is 6.29. The van der Waals surface area contributed by atoms with E-state index in [4.69, 9.17) is 16.3 Å². The van der Waals surface area contributed by atoms with Gasteiger partial charge >= 0.3 is 0 Å². The molecule has 1 aromatic carbocycles. The van der Waals surface area contributed by atoms with Crippen LogP contribution in [0, 0.1) is 35.5 Å². The average molecular weight is 373 g/mol. The van der Waals surface area contributed by atoms with E-state index in [-0.39, 0.29) is 0 Å². The summed E-state index contributed by atoms with van der Waals surface area (Å²) >= 11 is 6.29. The van der Waals surface area contributed by atoms with Crippen LogP contribution in [0.15, 0.2) is 18.2 Å². The molecule has 2 heteroatoms. The van der Waals surface area contributed by atoms with Crippen LogP contribution in [0.5, 0.6) is 5.75 Å². The first-order valence-corrected chi connectivity index (χ1v) is 11.4. The fourth-order valence-electron chi connectivity index (χ4n) is 7.17. The summed E-state index contributed by atoms with van der Waals surface area (Å²) in [7, 11) is 1.79. The predicted octanol–water partition coefficient (Wildman–Crippen LogP) is 7.08. The molecule has 1 aromatic rings. The normalized spacial score (nSPS) is 41.8. The minimum absolute atomic E-state index is 0.638. The van der Waals surface area contributed by atoms with Crippen molar-refractivity contribution in [3.05, 3.63) is 28.8 Å². The molecule has 0 heterocycles. The molecule has 5 aliphatic carbocycles. The van der Waals surface area contributed by atoms with Crippen LogP contribution in [0.25, 0.3) is 0 Å². The molecule has 0 aliphatic heterocycles. The van der Waals surface area contributed by atoms with Crippen LogP contribution in [-0.4, -0.2) is 7.11 Å². The highest BCUT2D eigenvalue weighted by atomic mass is 35.5. The smallest absolute Gasteiger partial charge is 0.122 e. The summed E-state index contributed by atoms with van der Waals surface area (Å²) in [5, 5.41) is 0.848. The van der Waals surface area contributed by atoms with Gasteiger partial charge in [0.15, 0.2) is 0 Å². The minimum atomic E-state index is 0.638. The van der Waals surface area contributed by atoms with Gasteiger partial charge in [0.25, 0.3) is 0 Å². The van der Waals surface area contributed by atoms with Crippen molar-refractivity contribution in [1.29, 1.82) is 0 Å². The summed E-state index contributed by atoms with van der Waals surface area (Å²) in [5.74, 6) is 8.08. The molecule has 3 atom stereocenters. The highest BCUT2D eigenvalue weighted by Gasteiger charge is 2.51. The summed E-state index contributed by atoms with van der Waals surface area (Å²) in [6.07, 6.45) is 14.8. The van der Waals surface area contributed by atoms with Crippen LogP contribution in [0.3, 0.4) is 0 Å². The highest BCUT2D eigenvalue weighted by Crippen LogP contribution is 2.61. The van der Waals surface area contributed by atoms with E-state index in [2.05, 4.69) is 6.07 Å². The van der Waals surface area contributed by atoms with E-state index >= 15 is 0 Å². The molecule has 0 amide bonds. The lowest BCUT2D eigenvalue weighted by Gasteiger charge is -2.43.